The molecule has 1 amide bonds. The first kappa shape index (κ1) is 20.2. The van der Waals surface area contributed by atoms with E-state index in [1.165, 1.54) is 28.3 Å². The van der Waals surface area contributed by atoms with Crippen molar-refractivity contribution in [3.05, 3.63) is 95.1 Å². The molecule has 0 atom stereocenters. The van der Waals surface area contributed by atoms with E-state index in [2.05, 4.69) is 29.6 Å². The summed E-state index contributed by atoms with van der Waals surface area (Å²) in [5.41, 5.74) is 5.82. The van der Waals surface area contributed by atoms with Gasteiger partial charge in [0.1, 0.15) is 18.4 Å². The van der Waals surface area contributed by atoms with E-state index in [0.29, 0.717) is 19.6 Å². The SMILES string of the molecule is N#Cc1cc(C=CCCNC(=O)OCC2c3ccccc3-c3ccccc32)ccc1O. The zero-order valence-corrected chi connectivity index (χ0v) is 16.9. The van der Waals surface area contributed by atoms with E-state index in [-0.39, 0.29) is 17.2 Å². The molecule has 0 spiro atoms. The van der Waals surface area contributed by atoms with Crippen molar-refractivity contribution in [3.63, 3.8) is 0 Å². The Balaban J connectivity index is 1.27. The average molecular weight is 410 g/mol. The molecular weight excluding hydrogens is 388 g/mol. The predicted octanol–water partition coefficient (Wildman–Crippen LogP) is 5.21. The Bertz CT molecular complexity index is 1130. The Morgan fingerprint density at radius 3 is 2.42 bits per heavy atom. The molecule has 0 heterocycles. The van der Waals surface area contributed by atoms with Gasteiger partial charge in [0.05, 0.1) is 5.56 Å². The highest BCUT2D eigenvalue weighted by Gasteiger charge is 2.28. The van der Waals surface area contributed by atoms with Gasteiger partial charge < -0.3 is 15.2 Å². The number of hydrogen-bond donors (Lipinski definition) is 2. The van der Waals surface area contributed by atoms with Crippen LogP contribution in [0.2, 0.25) is 0 Å². The van der Waals surface area contributed by atoms with Gasteiger partial charge in [0, 0.05) is 12.5 Å². The topological polar surface area (TPSA) is 82.4 Å². The van der Waals surface area contributed by atoms with Crippen LogP contribution < -0.4 is 5.32 Å². The van der Waals surface area contributed by atoms with Crippen LogP contribution in [0.25, 0.3) is 17.2 Å². The van der Waals surface area contributed by atoms with E-state index in [4.69, 9.17) is 10.00 Å². The molecule has 4 rings (SSSR count). The molecule has 0 saturated carbocycles. The Kier molecular flexibility index (Phi) is 6.00. The molecule has 1 aliphatic rings. The summed E-state index contributed by atoms with van der Waals surface area (Å²) in [5, 5.41) is 21.3. The van der Waals surface area contributed by atoms with Crippen LogP contribution in [-0.2, 0) is 4.74 Å². The zero-order valence-electron chi connectivity index (χ0n) is 16.9. The van der Waals surface area contributed by atoms with Crippen LogP contribution in [0.4, 0.5) is 4.79 Å². The van der Waals surface area contributed by atoms with Gasteiger partial charge in [-0.15, -0.1) is 0 Å². The van der Waals surface area contributed by atoms with Crippen LogP contribution in [-0.4, -0.2) is 24.4 Å². The molecule has 31 heavy (non-hydrogen) atoms. The lowest BCUT2D eigenvalue weighted by Gasteiger charge is -2.14. The molecule has 2 N–H and O–H groups in total. The Morgan fingerprint density at radius 2 is 1.74 bits per heavy atom. The highest BCUT2D eigenvalue weighted by Crippen LogP contribution is 2.44. The molecule has 0 radical (unpaired) electrons. The van der Waals surface area contributed by atoms with Crippen molar-refractivity contribution < 1.29 is 14.6 Å². The Hall–Kier alpha value is -4.04. The summed E-state index contributed by atoms with van der Waals surface area (Å²) in [7, 11) is 0. The van der Waals surface area contributed by atoms with Gasteiger partial charge in [-0.3, -0.25) is 0 Å². The molecule has 3 aromatic carbocycles. The van der Waals surface area contributed by atoms with E-state index in [0.717, 1.165) is 5.56 Å². The van der Waals surface area contributed by atoms with Gasteiger partial charge >= 0.3 is 6.09 Å². The van der Waals surface area contributed by atoms with Crippen molar-refractivity contribution in [2.45, 2.75) is 12.3 Å². The van der Waals surface area contributed by atoms with Gasteiger partial charge in [-0.1, -0.05) is 66.7 Å². The quantitative estimate of drug-likeness (QED) is 0.547. The van der Waals surface area contributed by atoms with Crippen LogP contribution in [0.5, 0.6) is 5.75 Å². The van der Waals surface area contributed by atoms with Crippen molar-refractivity contribution in [3.8, 4) is 22.9 Å². The second-order valence-electron chi connectivity index (χ2n) is 7.33. The normalized spacial score (nSPS) is 12.2. The number of nitrogens with one attached hydrogen (secondary N) is 1. The number of fused-ring (bicyclic) bond motifs is 3. The number of nitrogens with zero attached hydrogens (tertiary/aromatic N) is 1. The highest BCUT2D eigenvalue weighted by atomic mass is 16.5. The molecule has 0 saturated heterocycles. The van der Waals surface area contributed by atoms with E-state index >= 15 is 0 Å². The summed E-state index contributed by atoms with van der Waals surface area (Å²) in [4.78, 5) is 12.2. The van der Waals surface area contributed by atoms with Crippen LogP contribution in [0.3, 0.4) is 0 Å². The fourth-order valence-electron chi connectivity index (χ4n) is 3.87. The second-order valence-corrected chi connectivity index (χ2v) is 7.33. The van der Waals surface area contributed by atoms with Crippen molar-refractivity contribution in [1.29, 1.82) is 5.26 Å². The van der Waals surface area contributed by atoms with E-state index in [9.17, 15) is 9.90 Å². The number of alkyl carbamates (subject to hydrolysis) is 1. The van der Waals surface area contributed by atoms with Crippen LogP contribution >= 0.6 is 0 Å². The molecule has 0 aliphatic heterocycles. The zero-order chi connectivity index (χ0) is 21.6. The van der Waals surface area contributed by atoms with E-state index in [1.807, 2.05) is 42.5 Å². The van der Waals surface area contributed by atoms with Gasteiger partial charge in [0.25, 0.3) is 0 Å². The number of rotatable bonds is 6. The van der Waals surface area contributed by atoms with E-state index in [1.54, 1.807) is 12.1 Å². The summed E-state index contributed by atoms with van der Waals surface area (Å²) in [6.07, 6.45) is 3.93. The molecule has 0 aromatic heterocycles. The first-order valence-corrected chi connectivity index (χ1v) is 10.2. The highest BCUT2D eigenvalue weighted by molar-refractivity contribution is 5.79. The maximum atomic E-state index is 12.2. The summed E-state index contributed by atoms with van der Waals surface area (Å²) in [6.45, 7) is 0.733. The Labute approximate surface area is 181 Å². The molecule has 5 heteroatoms. The minimum Gasteiger partial charge on any atom is -0.507 e. The molecule has 5 nitrogen and oxygen atoms in total. The molecule has 154 valence electrons. The average Bonchev–Trinajstić information content (AvgIpc) is 3.12. The number of aromatic hydroxyl groups is 1. The summed E-state index contributed by atoms with van der Waals surface area (Å²) in [5.74, 6) is 0.0124. The van der Waals surface area contributed by atoms with Crippen LogP contribution in [0.1, 0.15) is 34.6 Å². The largest absolute Gasteiger partial charge is 0.507 e. The first-order chi connectivity index (χ1) is 15.2. The lowest BCUT2D eigenvalue weighted by atomic mass is 9.98. The van der Waals surface area contributed by atoms with E-state index < -0.39 is 6.09 Å². The number of amides is 1. The number of ether oxygens (including phenoxy) is 1. The monoisotopic (exact) mass is 410 g/mol. The number of nitriles is 1. The first-order valence-electron chi connectivity index (χ1n) is 10.2. The predicted molar refractivity (Wildman–Crippen MR) is 120 cm³/mol. The number of carbonyl (C=O) groups is 1. The number of hydrogen-bond acceptors (Lipinski definition) is 4. The minimum absolute atomic E-state index is 0.0310. The number of phenols is 1. The number of benzene rings is 3. The van der Waals surface area contributed by atoms with Crippen molar-refractivity contribution in [1.82, 2.24) is 5.32 Å². The summed E-state index contributed by atoms with van der Waals surface area (Å²) in [6, 6.07) is 23.2. The molecule has 0 fully saturated rings. The lowest BCUT2D eigenvalue weighted by Crippen LogP contribution is -2.26. The Morgan fingerprint density at radius 1 is 1.06 bits per heavy atom. The fourth-order valence-corrected chi connectivity index (χ4v) is 3.87. The summed E-state index contributed by atoms with van der Waals surface area (Å²) >= 11 is 0. The molecule has 1 aliphatic carbocycles. The molecule has 3 aromatic rings. The number of phenolic OH excluding ortho intramolecular Hbond substituents is 1. The van der Waals surface area contributed by atoms with Crippen molar-refractivity contribution in [2.75, 3.05) is 13.2 Å². The standard InChI is InChI=1S/C26H22N2O3/c27-16-19-15-18(12-13-25(19)29)7-5-6-14-28-26(30)31-17-24-22-10-3-1-8-20(22)21-9-2-4-11-23(21)24/h1-5,7-13,15,24,29H,6,14,17H2,(H,28,30). The summed E-state index contributed by atoms with van der Waals surface area (Å²) < 4.78 is 5.51. The van der Waals surface area contributed by atoms with Crippen molar-refractivity contribution >= 4 is 12.2 Å². The van der Waals surface area contributed by atoms with Gasteiger partial charge in [-0.25, -0.2) is 4.79 Å². The molecule has 0 bridgehead atoms. The van der Waals surface area contributed by atoms with Crippen LogP contribution in [0.15, 0.2) is 72.8 Å². The smallest absolute Gasteiger partial charge is 0.407 e. The van der Waals surface area contributed by atoms with Crippen molar-refractivity contribution in [2.24, 2.45) is 0 Å². The van der Waals surface area contributed by atoms with Gasteiger partial charge in [0.2, 0.25) is 0 Å². The maximum absolute atomic E-state index is 12.2. The third-order valence-corrected chi connectivity index (χ3v) is 5.38. The third kappa shape index (κ3) is 4.44. The lowest BCUT2D eigenvalue weighted by molar-refractivity contribution is 0.143. The molecular formula is C26H22N2O3. The number of carbonyl (C=O) groups excluding carboxylic acids is 1. The molecule has 0 unspecified atom stereocenters. The van der Waals surface area contributed by atoms with Crippen LogP contribution in [0, 0.1) is 11.3 Å². The maximum Gasteiger partial charge on any atom is 0.407 e. The minimum atomic E-state index is -0.438. The van der Waals surface area contributed by atoms with Gasteiger partial charge in [-0.2, -0.15) is 5.26 Å². The second kappa shape index (κ2) is 9.19. The van der Waals surface area contributed by atoms with Gasteiger partial charge in [-0.05, 0) is 46.4 Å². The third-order valence-electron chi connectivity index (χ3n) is 5.38. The van der Waals surface area contributed by atoms with Gasteiger partial charge in [0.15, 0.2) is 0 Å². The fraction of sp³-hybridized carbons (Fsp3) is 0.154.